The van der Waals surface area contributed by atoms with Crippen LogP contribution >= 0.6 is 0 Å². The van der Waals surface area contributed by atoms with E-state index in [9.17, 15) is 4.79 Å². The van der Waals surface area contributed by atoms with Gasteiger partial charge >= 0.3 is 0 Å². The number of hydrogen-bond acceptors (Lipinski definition) is 2. The largest absolute Gasteiger partial charge is 0.299 e. The normalized spacial score (nSPS) is 13.8. The van der Waals surface area contributed by atoms with E-state index in [1.165, 1.54) is 0 Å². The number of carbonyl (C=O) groups excluding carboxylic acids is 1. The third-order valence-corrected chi connectivity index (χ3v) is 3.17. The average molecular weight is 222 g/mol. The highest BCUT2D eigenvalue weighted by Crippen LogP contribution is 2.28. The topological polar surface area (TPSA) is 34.9 Å². The second-order valence-corrected chi connectivity index (χ2v) is 5.71. The zero-order valence-corrected chi connectivity index (χ0v) is 10.9. The van der Waals surface area contributed by atoms with E-state index in [4.69, 9.17) is 0 Å². The molecule has 0 saturated heterocycles. The van der Waals surface area contributed by atoms with E-state index in [1.54, 1.807) is 10.9 Å². The van der Waals surface area contributed by atoms with Crippen LogP contribution in [0.15, 0.2) is 12.4 Å². The molecule has 0 bridgehead atoms. The predicted octanol–water partition coefficient (Wildman–Crippen LogP) is 2.60. The van der Waals surface area contributed by atoms with Crippen LogP contribution in [0, 0.1) is 11.3 Å². The van der Waals surface area contributed by atoms with E-state index in [1.807, 2.05) is 13.2 Å². The van der Waals surface area contributed by atoms with Crippen molar-refractivity contribution in [3.63, 3.8) is 0 Å². The Labute approximate surface area is 97.8 Å². The first-order valence-corrected chi connectivity index (χ1v) is 5.78. The highest BCUT2D eigenvalue weighted by molar-refractivity contribution is 5.80. The zero-order chi connectivity index (χ0) is 12.3. The van der Waals surface area contributed by atoms with Gasteiger partial charge in [-0.1, -0.05) is 27.7 Å². The zero-order valence-electron chi connectivity index (χ0n) is 10.9. The Hall–Kier alpha value is -1.12. The molecule has 0 fully saturated rings. The van der Waals surface area contributed by atoms with Gasteiger partial charge in [-0.05, 0) is 16.9 Å². The minimum atomic E-state index is 0.199. The minimum Gasteiger partial charge on any atom is -0.299 e. The Morgan fingerprint density at radius 3 is 2.56 bits per heavy atom. The molecular formula is C13H22N2O. The lowest BCUT2D eigenvalue weighted by Crippen LogP contribution is -2.21. The van der Waals surface area contributed by atoms with Crippen molar-refractivity contribution < 1.29 is 4.79 Å². The van der Waals surface area contributed by atoms with Gasteiger partial charge < -0.3 is 0 Å². The molecule has 3 heteroatoms. The molecule has 0 spiro atoms. The van der Waals surface area contributed by atoms with E-state index in [0.717, 1.165) is 5.56 Å². The number of carbonyl (C=O) groups is 1. The summed E-state index contributed by atoms with van der Waals surface area (Å²) in [6.07, 6.45) is 4.83. The van der Waals surface area contributed by atoms with Crippen molar-refractivity contribution >= 4 is 5.78 Å². The van der Waals surface area contributed by atoms with Crippen LogP contribution in [0.3, 0.4) is 0 Å². The summed E-state index contributed by atoms with van der Waals surface area (Å²) in [5.41, 5.74) is 1.21. The van der Waals surface area contributed by atoms with Gasteiger partial charge in [-0.3, -0.25) is 9.48 Å². The van der Waals surface area contributed by atoms with E-state index in [2.05, 4.69) is 32.8 Å². The minimum absolute atomic E-state index is 0.199. The van der Waals surface area contributed by atoms with Crippen molar-refractivity contribution in [1.29, 1.82) is 0 Å². The molecule has 1 atom stereocenters. The molecule has 0 aliphatic rings. The third-order valence-electron chi connectivity index (χ3n) is 3.17. The van der Waals surface area contributed by atoms with Gasteiger partial charge in [0.1, 0.15) is 5.78 Å². The molecule has 0 saturated carbocycles. The standard InChI is InChI=1S/C13H22N2O/c1-10(13(2,3)4)6-12(16)7-11-8-14-15(5)9-11/h8-10H,6-7H2,1-5H3. The van der Waals surface area contributed by atoms with Gasteiger partial charge in [0.15, 0.2) is 0 Å². The average Bonchev–Trinajstić information content (AvgIpc) is 2.49. The summed E-state index contributed by atoms with van der Waals surface area (Å²) in [5.74, 6) is 0.715. The van der Waals surface area contributed by atoms with Gasteiger partial charge in [-0.2, -0.15) is 5.10 Å². The first kappa shape index (κ1) is 12.9. The van der Waals surface area contributed by atoms with Gasteiger partial charge in [0, 0.05) is 26.1 Å². The maximum Gasteiger partial charge on any atom is 0.137 e. The summed E-state index contributed by atoms with van der Waals surface area (Å²) >= 11 is 0. The van der Waals surface area contributed by atoms with Crippen molar-refractivity contribution in [3.8, 4) is 0 Å². The van der Waals surface area contributed by atoms with Crippen LogP contribution in [0.1, 0.15) is 39.7 Å². The number of aryl methyl sites for hydroxylation is 1. The lowest BCUT2D eigenvalue weighted by atomic mass is 9.79. The van der Waals surface area contributed by atoms with Gasteiger partial charge in [0.05, 0.1) is 6.20 Å². The monoisotopic (exact) mass is 222 g/mol. The molecule has 1 heterocycles. The third kappa shape index (κ3) is 3.80. The van der Waals surface area contributed by atoms with Crippen LogP contribution in [0.25, 0.3) is 0 Å². The van der Waals surface area contributed by atoms with Crippen molar-refractivity contribution in [2.75, 3.05) is 0 Å². The molecule has 0 N–H and O–H groups in total. The molecular weight excluding hydrogens is 200 g/mol. The molecule has 0 aromatic carbocycles. The number of nitrogens with zero attached hydrogens (tertiary/aromatic N) is 2. The summed E-state index contributed by atoms with van der Waals surface area (Å²) in [6.45, 7) is 8.67. The molecule has 3 nitrogen and oxygen atoms in total. The maximum atomic E-state index is 11.8. The molecule has 1 aromatic heterocycles. The van der Waals surface area contributed by atoms with Crippen LogP contribution in [0.4, 0.5) is 0 Å². The van der Waals surface area contributed by atoms with Crippen molar-refractivity contribution in [3.05, 3.63) is 18.0 Å². The molecule has 1 aromatic rings. The van der Waals surface area contributed by atoms with Crippen LogP contribution in [-0.4, -0.2) is 15.6 Å². The Balaban J connectivity index is 2.48. The Morgan fingerprint density at radius 1 is 1.50 bits per heavy atom. The summed E-state index contributed by atoms with van der Waals surface area (Å²) in [5, 5.41) is 4.06. The molecule has 1 rings (SSSR count). The van der Waals surface area contributed by atoms with Crippen LogP contribution in [0.2, 0.25) is 0 Å². The van der Waals surface area contributed by atoms with Gasteiger partial charge in [-0.15, -0.1) is 0 Å². The van der Waals surface area contributed by atoms with Crippen molar-refractivity contribution in [2.24, 2.45) is 18.4 Å². The smallest absolute Gasteiger partial charge is 0.137 e. The van der Waals surface area contributed by atoms with Crippen LogP contribution in [0.5, 0.6) is 0 Å². The Bertz CT molecular complexity index is 360. The summed E-state index contributed by atoms with van der Waals surface area (Å²) < 4.78 is 1.73. The molecule has 0 radical (unpaired) electrons. The number of aromatic nitrogens is 2. The van der Waals surface area contributed by atoms with E-state index in [0.29, 0.717) is 24.5 Å². The molecule has 16 heavy (non-hydrogen) atoms. The Kier molecular flexibility index (Phi) is 3.89. The second-order valence-electron chi connectivity index (χ2n) is 5.71. The fourth-order valence-electron chi connectivity index (χ4n) is 1.51. The van der Waals surface area contributed by atoms with Crippen LogP contribution < -0.4 is 0 Å². The lowest BCUT2D eigenvalue weighted by molar-refractivity contribution is -0.120. The lowest BCUT2D eigenvalue weighted by Gasteiger charge is -2.26. The highest BCUT2D eigenvalue weighted by atomic mass is 16.1. The number of ketones is 1. The number of rotatable bonds is 4. The first-order chi connectivity index (χ1) is 7.29. The van der Waals surface area contributed by atoms with Gasteiger partial charge in [-0.25, -0.2) is 0 Å². The van der Waals surface area contributed by atoms with E-state index in [-0.39, 0.29) is 5.41 Å². The molecule has 1 unspecified atom stereocenters. The summed E-state index contributed by atoms with van der Waals surface area (Å²) in [6, 6.07) is 0. The first-order valence-electron chi connectivity index (χ1n) is 5.78. The quantitative estimate of drug-likeness (QED) is 0.785. The number of hydrogen-bond donors (Lipinski definition) is 0. The molecule has 0 aliphatic heterocycles. The number of Topliss-reactive ketones (excluding diaryl/α,β-unsaturated/α-hetero) is 1. The second kappa shape index (κ2) is 4.81. The molecule has 90 valence electrons. The predicted molar refractivity (Wildman–Crippen MR) is 65.2 cm³/mol. The SMILES string of the molecule is CC(CC(=O)Cc1cnn(C)c1)C(C)(C)C. The molecule has 0 aliphatic carbocycles. The Morgan fingerprint density at radius 2 is 2.12 bits per heavy atom. The fourth-order valence-corrected chi connectivity index (χ4v) is 1.51. The van der Waals surface area contributed by atoms with Crippen LogP contribution in [-0.2, 0) is 18.3 Å². The fraction of sp³-hybridized carbons (Fsp3) is 0.692. The maximum absolute atomic E-state index is 11.8. The van der Waals surface area contributed by atoms with Gasteiger partial charge in [0.2, 0.25) is 0 Å². The highest BCUT2D eigenvalue weighted by Gasteiger charge is 2.22. The van der Waals surface area contributed by atoms with Crippen molar-refractivity contribution in [1.82, 2.24) is 9.78 Å². The van der Waals surface area contributed by atoms with E-state index < -0.39 is 0 Å². The summed E-state index contributed by atoms with van der Waals surface area (Å²) in [4.78, 5) is 11.8. The van der Waals surface area contributed by atoms with E-state index >= 15 is 0 Å². The summed E-state index contributed by atoms with van der Waals surface area (Å²) in [7, 11) is 1.87. The molecule has 0 amide bonds. The van der Waals surface area contributed by atoms with Gasteiger partial charge in [0.25, 0.3) is 0 Å². The van der Waals surface area contributed by atoms with Crippen molar-refractivity contribution in [2.45, 2.75) is 40.5 Å².